The maximum Gasteiger partial charge on any atom is 0.326 e. The molecule has 0 spiro atoms. The predicted octanol–water partition coefficient (Wildman–Crippen LogP) is 2.30. The highest BCUT2D eigenvalue weighted by Gasteiger charge is 2.38. The highest BCUT2D eigenvalue weighted by molar-refractivity contribution is 5.88. The number of carboxylic acid groups (broad SMARTS) is 1. The number of aliphatic carboxylic acids is 1. The van der Waals surface area contributed by atoms with Gasteiger partial charge in [-0.1, -0.05) is 30.3 Å². The lowest BCUT2D eigenvalue weighted by Crippen LogP contribution is -2.56. The van der Waals surface area contributed by atoms with Crippen LogP contribution in [-0.4, -0.2) is 59.4 Å². The highest BCUT2D eigenvalue weighted by atomic mass is 16.7. The van der Waals surface area contributed by atoms with Crippen LogP contribution in [-0.2, 0) is 38.5 Å². The number of ether oxygens (including phenoxy) is 3. The molecule has 2 heterocycles. The number of aryl methyl sites for hydroxylation is 1. The molecular weight excluding hydrogens is 452 g/mol. The smallest absolute Gasteiger partial charge is 0.326 e. The summed E-state index contributed by atoms with van der Waals surface area (Å²) in [6, 6.07) is 10.8. The maximum atomic E-state index is 13.4. The van der Waals surface area contributed by atoms with E-state index >= 15 is 0 Å². The number of rotatable bonds is 9. The molecule has 2 N–H and O–H groups in total. The summed E-state index contributed by atoms with van der Waals surface area (Å²) in [5, 5.41) is 13.0. The molecule has 0 bridgehead atoms. The standard InChI is InChI=1S/C26H30N2O7/c1-3-33-26(32)20(10-9-17-7-5-4-6-8-17)27-16(2)24(29)28-14-19-13-23-22(34-15-35-23)12-18(19)11-21(28)25(30)31/h4-8,12-13,16,20-21,27H,3,9-11,14-15H2,1-2H3,(H,30,31)/t16-,20-,21-/m0/s1. The van der Waals surface area contributed by atoms with Crippen LogP contribution in [0.3, 0.4) is 0 Å². The third kappa shape index (κ3) is 5.57. The molecule has 4 rings (SSSR count). The Morgan fingerprint density at radius 1 is 1.14 bits per heavy atom. The number of hydrogen-bond donors (Lipinski definition) is 2. The molecule has 0 unspecified atom stereocenters. The molecule has 1 amide bonds. The Labute approximate surface area is 204 Å². The Kier molecular flexibility index (Phi) is 7.55. The van der Waals surface area contributed by atoms with Gasteiger partial charge in [0.1, 0.15) is 12.1 Å². The first-order valence-electron chi connectivity index (χ1n) is 11.8. The molecule has 186 valence electrons. The zero-order valence-electron chi connectivity index (χ0n) is 19.9. The summed E-state index contributed by atoms with van der Waals surface area (Å²) in [7, 11) is 0. The van der Waals surface area contributed by atoms with Crippen molar-refractivity contribution >= 4 is 17.8 Å². The number of carboxylic acids is 1. The third-order valence-corrected chi connectivity index (χ3v) is 6.35. The molecular formula is C26H30N2O7. The van der Waals surface area contributed by atoms with Crippen molar-refractivity contribution in [3.8, 4) is 11.5 Å². The van der Waals surface area contributed by atoms with E-state index in [1.165, 1.54) is 4.90 Å². The van der Waals surface area contributed by atoms with Crippen LogP contribution >= 0.6 is 0 Å². The fraction of sp³-hybridized carbons (Fsp3) is 0.423. The molecule has 0 fully saturated rings. The van der Waals surface area contributed by atoms with Gasteiger partial charge in [-0.25, -0.2) is 4.79 Å². The van der Waals surface area contributed by atoms with Crippen LogP contribution in [0.2, 0.25) is 0 Å². The largest absolute Gasteiger partial charge is 0.480 e. The summed E-state index contributed by atoms with van der Waals surface area (Å²) in [6.07, 6.45) is 1.23. The average Bonchev–Trinajstić information content (AvgIpc) is 3.31. The number of benzene rings is 2. The van der Waals surface area contributed by atoms with Crippen LogP contribution in [0.1, 0.15) is 37.0 Å². The van der Waals surface area contributed by atoms with Gasteiger partial charge in [0, 0.05) is 13.0 Å². The number of hydrogen-bond acceptors (Lipinski definition) is 7. The van der Waals surface area contributed by atoms with Crippen molar-refractivity contribution in [2.45, 2.75) is 57.8 Å². The van der Waals surface area contributed by atoms with Crippen molar-refractivity contribution in [2.24, 2.45) is 0 Å². The van der Waals surface area contributed by atoms with E-state index in [1.807, 2.05) is 30.3 Å². The minimum absolute atomic E-state index is 0.114. The summed E-state index contributed by atoms with van der Waals surface area (Å²) in [6.45, 7) is 3.84. The van der Waals surface area contributed by atoms with Crippen molar-refractivity contribution in [3.05, 3.63) is 59.2 Å². The van der Waals surface area contributed by atoms with Gasteiger partial charge in [-0.2, -0.15) is 0 Å². The second kappa shape index (κ2) is 10.8. The zero-order valence-corrected chi connectivity index (χ0v) is 19.9. The molecule has 2 aromatic rings. The third-order valence-electron chi connectivity index (χ3n) is 6.35. The van der Waals surface area contributed by atoms with Gasteiger partial charge < -0.3 is 24.2 Å². The number of fused-ring (bicyclic) bond motifs is 2. The van der Waals surface area contributed by atoms with Crippen LogP contribution in [0.25, 0.3) is 0 Å². The summed E-state index contributed by atoms with van der Waals surface area (Å²) in [5.74, 6) is -0.748. The lowest BCUT2D eigenvalue weighted by Gasteiger charge is -2.36. The lowest BCUT2D eigenvalue weighted by atomic mass is 9.92. The van der Waals surface area contributed by atoms with Crippen molar-refractivity contribution in [3.63, 3.8) is 0 Å². The van der Waals surface area contributed by atoms with Crippen LogP contribution in [0.15, 0.2) is 42.5 Å². The lowest BCUT2D eigenvalue weighted by molar-refractivity contribution is -0.153. The van der Waals surface area contributed by atoms with Gasteiger partial charge in [-0.05, 0) is 55.5 Å². The first-order chi connectivity index (χ1) is 16.9. The van der Waals surface area contributed by atoms with Crippen LogP contribution in [0, 0.1) is 0 Å². The van der Waals surface area contributed by atoms with Crippen molar-refractivity contribution in [1.29, 1.82) is 0 Å². The molecule has 9 nitrogen and oxygen atoms in total. The van der Waals surface area contributed by atoms with Crippen molar-refractivity contribution in [2.75, 3.05) is 13.4 Å². The van der Waals surface area contributed by atoms with Gasteiger partial charge in [0.15, 0.2) is 11.5 Å². The number of carbonyl (C=O) groups excluding carboxylic acids is 2. The quantitative estimate of drug-likeness (QED) is 0.524. The molecule has 0 saturated carbocycles. The van der Waals surface area contributed by atoms with Gasteiger partial charge in [-0.15, -0.1) is 0 Å². The molecule has 0 aliphatic carbocycles. The number of amides is 1. The minimum Gasteiger partial charge on any atom is -0.480 e. The molecule has 35 heavy (non-hydrogen) atoms. The summed E-state index contributed by atoms with van der Waals surface area (Å²) in [4.78, 5) is 39.5. The van der Waals surface area contributed by atoms with E-state index < -0.39 is 36.0 Å². The topological polar surface area (TPSA) is 114 Å². The fourth-order valence-corrected chi connectivity index (χ4v) is 4.52. The molecule has 9 heteroatoms. The van der Waals surface area contributed by atoms with Gasteiger partial charge in [0.05, 0.1) is 12.6 Å². The molecule has 2 aromatic carbocycles. The van der Waals surface area contributed by atoms with Crippen LogP contribution in [0.4, 0.5) is 0 Å². The number of nitrogens with one attached hydrogen (secondary N) is 1. The molecule has 3 atom stereocenters. The maximum absolute atomic E-state index is 13.4. The molecule has 2 aliphatic rings. The van der Waals surface area contributed by atoms with E-state index in [9.17, 15) is 19.5 Å². The normalized spacial score (nSPS) is 17.9. The minimum atomic E-state index is -1.08. The summed E-state index contributed by atoms with van der Waals surface area (Å²) >= 11 is 0. The summed E-state index contributed by atoms with van der Waals surface area (Å²) in [5.41, 5.74) is 2.71. The SMILES string of the molecule is CCOC(=O)[C@H](CCc1ccccc1)N[C@@H](C)C(=O)N1Cc2cc3c(cc2C[C@H]1C(=O)O)OCO3. The molecule has 0 radical (unpaired) electrons. The number of esters is 1. The predicted molar refractivity (Wildman–Crippen MR) is 126 cm³/mol. The highest BCUT2D eigenvalue weighted by Crippen LogP contribution is 2.38. The first kappa shape index (κ1) is 24.5. The van der Waals surface area contributed by atoms with Gasteiger partial charge in [-0.3, -0.25) is 14.9 Å². The second-order valence-corrected chi connectivity index (χ2v) is 8.72. The van der Waals surface area contributed by atoms with E-state index in [4.69, 9.17) is 14.2 Å². The first-order valence-corrected chi connectivity index (χ1v) is 11.8. The van der Waals surface area contributed by atoms with Crippen LogP contribution in [0.5, 0.6) is 11.5 Å². The number of nitrogens with zero attached hydrogens (tertiary/aromatic N) is 1. The Morgan fingerprint density at radius 3 is 2.49 bits per heavy atom. The second-order valence-electron chi connectivity index (χ2n) is 8.72. The van der Waals surface area contributed by atoms with Crippen LogP contribution < -0.4 is 14.8 Å². The van der Waals surface area contributed by atoms with Gasteiger partial charge in [0.2, 0.25) is 12.7 Å². The Bertz CT molecular complexity index is 1090. The Morgan fingerprint density at radius 2 is 1.83 bits per heavy atom. The fourth-order valence-electron chi connectivity index (χ4n) is 4.52. The monoisotopic (exact) mass is 482 g/mol. The number of carbonyl (C=O) groups is 3. The Balaban J connectivity index is 1.49. The molecule has 2 aliphatic heterocycles. The molecule has 0 saturated heterocycles. The molecule has 0 aromatic heterocycles. The van der Waals surface area contributed by atoms with E-state index in [0.29, 0.717) is 24.3 Å². The van der Waals surface area contributed by atoms with Crippen molar-refractivity contribution in [1.82, 2.24) is 10.2 Å². The van der Waals surface area contributed by atoms with Crippen molar-refractivity contribution < 1.29 is 33.7 Å². The average molecular weight is 483 g/mol. The zero-order chi connectivity index (χ0) is 24.9. The van der Waals surface area contributed by atoms with E-state index in [2.05, 4.69) is 5.32 Å². The van der Waals surface area contributed by atoms with E-state index in [1.54, 1.807) is 26.0 Å². The Hall–Kier alpha value is -3.59. The van der Waals surface area contributed by atoms with Gasteiger partial charge in [0.25, 0.3) is 0 Å². The van der Waals surface area contributed by atoms with E-state index in [0.717, 1.165) is 16.7 Å². The van der Waals surface area contributed by atoms with Gasteiger partial charge >= 0.3 is 11.9 Å². The summed E-state index contributed by atoms with van der Waals surface area (Å²) < 4.78 is 16.1. The van der Waals surface area contributed by atoms with E-state index in [-0.39, 0.29) is 26.4 Å².